The van der Waals surface area contributed by atoms with E-state index in [1.165, 1.54) is 80.9 Å². The molecular formula is C30H40N2O. The van der Waals surface area contributed by atoms with Crippen molar-refractivity contribution in [1.82, 2.24) is 9.97 Å². The molecule has 33 heavy (non-hydrogen) atoms. The van der Waals surface area contributed by atoms with Gasteiger partial charge in [0, 0.05) is 5.56 Å². The monoisotopic (exact) mass is 444 g/mol. The molecule has 0 aliphatic carbocycles. The van der Waals surface area contributed by atoms with E-state index in [0.29, 0.717) is 12.4 Å². The lowest BCUT2D eigenvalue weighted by molar-refractivity contribution is 0.303. The smallest absolute Gasteiger partial charge is 0.159 e. The average Bonchev–Trinajstić information content (AvgIpc) is 2.87. The summed E-state index contributed by atoms with van der Waals surface area (Å²) < 4.78 is 5.91. The zero-order chi connectivity index (χ0) is 23.1. The van der Waals surface area contributed by atoms with Crippen LogP contribution in [-0.2, 0) is 19.4 Å². The molecular weight excluding hydrogens is 404 g/mol. The highest BCUT2D eigenvalue weighted by atomic mass is 16.5. The quantitative estimate of drug-likeness (QED) is 0.221. The molecule has 0 atom stereocenters. The van der Waals surface area contributed by atoms with Crippen LogP contribution in [0.2, 0.25) is 0 Å². The lowest BCUT2D eigenvalue weighted by Gasteiger charge is -2.08. The Morgan fingerprint density at radius 2 is 1.09 bits per heavy atom. The first-order chi connectivity index (χ1) is 16.3. The fourth-order valence-electron chi connectivity index (χ4n) is 4.00. The van der Waals surface area contributed by atoms with Crippen LogP contribution < -0.4 is 4.74 Å². The molecule has 0 fully saturated rings. The maximum Gasteiger partial charge on any atom is 0.159 e. The van der Waals surface area contributed by atoms with Gasteiger partial charge in [-0.1, -0.05) is 107 Å². The summed E-state index contributed by atoms with van der Waals surface area (Å²) in [6.07, 6.45) is 17.8. The third kappa shape index (κ3) is 9.00. The Kier molecular flexibility index (Phi) is 10.9. The van der Waals surface area contributed by atoms with Gasteiger partial charge in [-0.05, 0) is 42.4 Å². The van der Waals surface area contributed by atoms with Crippen molar-refractivity contribution in [2.45, 2.75) is 91.1 Å². The Balaban J connectivity index is 1.40. The van der Waals surface area contributed by atoms with Crippen LogP contribution in [-0.4, -0.2) is 9.97 Å². The van der Waals surface area contributed by atoms with Crippen LogP contribution in [0.5, 0.6) is 5.75 Å². The highest BCUT2D eigenvalue weighted by Gasteiger charge is 2.04. The number of unbranched alkanes of at least 4 members (excludes halogenated alkanes) is 7. The summed E-state index contributed by atoms with van der Waals surface area (Å²) >= 11 is 0. The maximum atomic E-state index is 5.91. The van der Waals surface area contributed by atoms with Gasteiger partial charge in [0.05, 0.1) is 12.4 Å². The van der Waals surface area contributed by atoms with Crippen molar-refractivity contribution < 1.29 is 4.74 Å². The van der Waals surface area contributed by atoms with Gasteiger partial charge in [0.2, 0.25) is 0 Å². The van der Waals surface area contributed by atoms with Crippen molar-refractivity contribution in [3.8, 4) is 17.1 Å². The Hall–Kier alpha value is -2.68. The van der Waals surface area contributed by atoms with E-state index in [0.717, 1.165) is 17.8 Å². The van der Waals surface area contributed by atoms with E-state index >= 15 is 0 Å². The van der Waals surface area contributed by atoms with Gasteiger partial charge in [-0.25, -0.2) is 9.97 Å². The molecule has 3 aromatic rings. The third-order valence-corrected chi connectivity index (χ3v) is 6.16. The van der Waals surface area contributed by atoms with Crippen molar-refractivity contribution in [3.05, 3.63) is 77.6 Å². The number of benzene rings is 2. The van der Waals surface area contributed by atoms with Crippen molar-refractivity contribution in [3.63, 3.8) is 0 Å². The third-order valence-electron chi connectivity index (χ3n) is 6.16. The normalized spacial score (nSPS) is 11.0. The molecule has 1 aromatic heterocycles. The van der Waals surface area contributed by atoms with Crippen LogP contribution in [0.25, 0.3) is 11.4 Å². The number of aryl methyl sites for hydroxylation is 2. The molecule has 3 heteroatoms. The molecule has 3 nitrogen and oxygen atoms in total. The fraction of sp³-hybridized carbons (Fsp3) is 0.467. The van der Waals surface area contributed by atoms with Crippen molar-refractivity contribution >= 4 is 0 Å². The summed E-state index contributed by atoms with van der Waals surface area (Å²) in [5, 5.41) is 0. The number of aromatic nitrogens is 2. The number of rotatable bonds is 15. The molecule has 0 radical (unpaired) electrons. The van der Waals surface area contributed by atoms with Crippen LogP contribution in [0.15, 0.2) is 60.9 Å². The second-order valence-corrected chi connectivity index (χ2v) is 9.02. The number of hydrogen-bond acceptors (Lipinski definition) is 3. The Morgan fingerprint density at radius 1 is 0.576 bits per heavy atom. The van der Waals surface area contributed by atoms with Crippen LogP contribution >= 0.6 is 0 Å². The fourth-order valence-corrected chi connectivity index (χ4v) is 4.00. The van der Waals surface area contributed by atoms with E-state index in [9.17, 15) is 0 Å². The summed E-state index contributed by atoms with van der Waals surface area (Å²) in [5.74, 6) is 1.43. The van der Waals surface area contributed by atoms with E-state index in [-0.39, 0.29) is 0 Å². The molecule has 0 N–H and O–H groups in total. The SMILES string of the molecule is CCCCCCCCCc1ccc(COc2cnc(-c3ccc(CCCC)cc3)nc2)cc1. The minimum Gasteiger partial charge on any atom is -0.486 e. The molecule has 0 aliphatic heterocycles. The Bertz CT molecular complexity index is 902. The van der Waals surface area contributed by atoms with E-state index < -0.39 is 0 Å². The minimum atomic E-state index is 0.534. The molecule has 0 bridgehead atoms. The molecule has 0 aliphatic rings. The first-order valence-electron chi connectivity index (χ1n) is 12.9. The van der Waals surface area contributed by atoms with Crippen molar-refractivity contribution in [2.75, 3.05) is 0 Å². The lowest BCUT2D eigenvalue weighted by Crippen LogP contribution is -1.98. The van der Waals surface area contributed by atoms with Crippen LogP contribution in [0.1, 0.15) is 88.3 Å². The summed E-state index contributed by atoms with van der Waals surface area (Å²) in [6, 6.07) is 17.4. The highest BCUT2D eigenvalue weighted by Crippen LogP contribution is 2.19. The first-order valence-corrected chi connectivity index (χ1v) is 12.9. The average molecular weight is 445 g/mol. The molecule has 3 rings (SSSR count). The molecule has 0 saturated carbocycles. The minimum absolute atomic E-state index is 0.534. The summed E-state index contributed by atoms with van der Waals surface area (Å²) in [6.45, 7) is 5.03. The highest BCUT2D eigenvalue weighted by molar-refractivity contribution is 5.55. The maximum absolute atomic E-state index is 5.91. The summed E-state index contributed by atoms with van der Waals surface area (Å²) in [4.78, 5) is 8.99. The molecule has 2 aromatic carbocycles. The molecule has 0 amide bonds. The van der Waals surface area contributed by atoms with E-state index in [1.54, 1.807) is 12.4 Å². The topological polar surface area (TPSA) is 35.0 Å². The number of ether oxygens (including phenoxy) is 1. The van der Waals surface area contributed by atoms with Gasteiger partial charge in [0.1, 0.15) is 6.61 Å². The second-order valence-electron chi connectivity index (χ2n) is 9.02. The van der Waals surface area contributed by atoms with Gasteiger partial charge in [0.15, 0.2) is 11.6 Å². The van der Waals surface area contributed by atoms with Crippen molar-refractivity contribution in [2.24, 2.45) is 0 Å². The number of nitrogens with zero attached hydrogens (tertiary/aromatic N) is 2. The standard InChI is InChI=1S/C30H40N2O/c1-3-5-7-8-9-10-11-13-26-14-16-27(17-15-26)24-33-29-22-31-30(32-23-29)28-20-18-25(19-21-28)12-6-4-2/h14-23H,3-13,24H2,1-2H3. The van der Waals surface area contributed by atoms with Crippen LogP contribution in [0.4, 0.5) is 0 Å². The Morgan fingerprint density at radius 3 is 1.73 bits per heavy atom. The molecule has 0 spiro atoms. The summed E-state index contributed by atoms with van der Waals surface area (Å²) in [7, 11) is 0. The van der Waals surface area contributed by atoms with Crippen LogP contribution in [0.3, 0.4) is 0 Å². The second kappa shape index (κ2) is 14.5. The van der Waals surface area contributed by atoms with Crippen molar-refractivity contribution in [1.29, 1.82) is 0 Å². The van der Waals surface area contributed by atoms with Gasteiger partial charge in [-0.2, -0.15) is 0 Å². The first kappa shape index (κ1) is 25.0. The largest absolute Gasteiger partial charge is 0.486 e. The zero-order valence-electron chi connectivity index (χ0n) is 20.6. The molecule has 0 unspecified atom stereocenters. The summed E-state index contributed by atoms with van der Waals surface area (Å²) in [5.41, 5.74) is 5.00. The predicted octanol–water partition coefficient (Wildman–Crippen LogP) is 8.36. The van der Waals surface area contributed by atoms with Gasteiger partial charge < -0.3 is 4.74 Å². The van der Waals surface area contributed by atoms with Gasteiger partial charge in [-0.15, -0.1) is 0 Å². The molecule has 0 saturated heterocycles. The lowest BCUT2D eigenvalue weighted by atomic mass is 10.0. The zero-order valence-corrected chi connectivity index (χ0v) is 20.6. The molecule has 1 heterocycles. The van der Waals surface area contributed by atoms with Crippen LogP contribution in [0, 0.1) is 0 Å². The predicted molar refractivity (Wildman–Crippen MR) is 139 cm³/mol. The van der Waals surface area contributed by atoms with E-state index in [1.807, 2.05) is 0 Å². The Labute approximate surface area is 200 Å². The van der Waals surface area contributed by atoms with Gasteiger partial charge in [0.25, 0.3) is 0 Å². The van der Waals surface area contributed by atoms with Gasteiger partial charge >= 0.3 is 0 Å². The number of hydrogen-bond donors (Lipinski definition) is 0. The van der Waals surface area contributed by atoms with Gasteiger partial charge in [-0.3, -0.25) is 0 Å². The van der Waals surface area contributed by atoms with E-state index in [2.05, 4.69) is 72.3 Å². The molecule has 176 valence electrons. The van der Waals surface area contributed by atoms with E-state index in [4.69, 9.17) is 4.74 Å².